The molecule has 6 heteroatoms. The first-order valence-electron chi connectivity index (χ1n) is 11.0. The van der Waals surface area contributed by atoms with Crippen molar-refractivity contribution in [1.29, 1.82) is 0 Å². The van der Waals surface area contributed by atoms with Gasteiger partial charge in [0, 0.05) is 25.3 Å². The van der Waals surface area contributed by atoms with Gasteiger partial charge in [0.1, 0.15) is 12.4 Å². The van der Waals surface area contributed by atoms with Gasteiger partial charge in [-0.3, -0.25) is 0 Å². The van der Waals surface area contributed by atoms with Crippen molar-refractivity contribution in [1.82, 2.24) is 4.31 Å². The maximum absolute atomic E-state index is 13.4. The number of fused-ring (bicyclic) bond motifs is 2. The van der Waals surface area contributed by atoms with E-state index in [1.54, 1.807) is 28.6 Å². The molecule has 0 aliphatic carbocycles. The SMILES string of the molecule is C=C1CN(S(=O)(=O)c2ccccc2)CCCCCCOCC2(COc3ccccc32)C1. The van der Waals surface area contributed by atoms with E-state index in [9.17, 15) is 8.42 Å². The van der Waals surface area contributed by atoms with E-state index in [4.69, 9.17) is 9.47 Å². The van der Waals surface area contributed by atoms with Gasteiger partial charge >= 0.3 is 0 Å². The zero-order chi connectivity index (χ0) is 21.7. The Morgan fingerprint density at radius 1 is 0.903 bits per heavy atom. The lowest BCUT2D eigenvalue weighted by Gasteiger charge is -2.30. The van der Waals surface area contributed by atoms with Crippen molar-refractivity contribution >= 4 is 10.0 Å². The molecular weight excluding hydrogens is 410 g/mol. The normalized spacial score (nSPS) is 23.9. The predicted octanol–water partition coefficient (Wildman–Crippen LogP) is 4.54. The number of rotatable bonds is 2. The molecule has 31 heavy (non-hydrogen) atoms. The molecular formula is C25H31NO4S. The highest BCUT2D eigenvalue weighted by Gasteiger charge is 2.42. The van der Waals surface area contributed by atoms with Crippen LogP contribution in [-0.2, 0) is 20.2 Å². The summed E-state index contributed by atoms with van der Waals surface area (Å²) < 4.78 is 40.4. The molecule has 2 aromatic rings. The van der Waals surface area contributed by atoms with Gasteiger partial charge in [-0.25, -0.2) is 8.42 Å². The molecule has 0 amide bonds. The summed E-state index contributed by atoms with van der Waals surface area (Å²) in [4.78, 5) is 0.333. The molecule has 1 fully saturated rings. The number of hydrogen-bond donors (Lipinski definition) is 0. The summed E-state index contributed by atoms with van der Waals surface area (Å²) in [7, 11) is -3.58. The highest BCUT2D eigenvalue weighted by Crippen LogP contribution is 2.43. The van der Waals surface area contributed by atoms with Crippen LogP contribution in [0.15, 0.2) is 71.6 Å². The number of para-hydroxylation sites is 1. The molecule has 1 atom stereocenters. The van der Waals surface area contributed by atoms with Gasteiger partial charge in [0.05, 0.1) is 16.9 Å². The van der Waals surface area contributed by atoms with Crippen LogP contribution in [0.5, 0.6) is 5.75 Å². The summed E-state index contributed by atoms with van der Waals surface area (Å²) in [6.07, 6.45) is 4.44. The van der Waals surface area contributed by atoms with Crippen molar-refractivity contribution in [3.63, 3.8) is 0 Å². The number of ether oxygens (including phenoxy) is 2. The second kappa shape index (κ2) is 9.55. The van der Waals surface area contributed by atoms with E-state index < -0.39 is 10.0 Å². The fourth-order valence-corrected chi connectivity index (χ4v) is 6.09. The van der Waals surface area contributed by atoms with Gasteiger partial charge in [-0.2, -0.15) is 4.31 Å². The predicted molar refractivity (Wildman–Crippen MR) is 122 cm³/mol. The number of sulfonamides is 1. The standard InChI is InChI=1S/C25H31NO4S/c1-21-17-25(20-30-24-14-8-7-13-23(24)25)19-29-16-10-3-2-9-15-26(18-21)31(27,28)22-11-5-4-6-12-22/h4-8,11-14H,1-3,9-10,15-20H2. The summed E-state index contributed by atoms with van der Waals surface area (Å²) in [5.41, 5.74) is 1.68. The molecule has 5 nitrogen and oxygen atoms in total. The lowest BCUT2D eigenvalue weighted by molar-refractivity contribution is 0.0682. The summed E-state index contributed by atoms with van der Waals surface area (Å²) in [6, 6.07) is 16.8. The van der Waals surface area contributed by atoms with Gasteiger partial charge < -0.3 is 9.47 Å². The minimum Gasteiger partial charge on any atom is -0.492 e. The lowest BCUT2D eigenvalue weighted by atomic mass is 9.78. The third-order valence-corrected chi connectivity index (χ3v) is 8.02. The van der Waals surface area contributed by atoms with E-state index >= 15 is 0 Å². The highest BCUT2D eigenvalue weighted by atomic mass is 32.2. The van der Waals surface area contributed by atoms with Crippen LogP contribution in [0.25, 0.3) is 0 Å². The van der Waals surface area contributed by atoms with E-state index in [1.165, 1.54) is 0 Å². The Kier molecular flexibility index (Phi) is 6.80. The average Bonchev–Trinajstić information content (AvgIpc) is 3.14. The largest absolute Gasteiger partial charge is 0.492 e. The zero-order valence-corrected chi connectivity index (χ0v) is 18.8. The molecule has 0 saturated carbocycles. The molecule has 166 valence electrons. The molecule has 0 radical (unpaired) electrons. The minimum atomic E-state index is -3.58. The molecule has 2 aromatic carbocycles. The maximum Gasteiger partial charge on any atom is 0.243 e. The zero-order valence-electron chi connectivity index (χ0n) is 18.0. The first-order chi connectivity index (χ1) is 15.0. The van der Waals surface area contributed by atoms with E-state index in [0.717, 1.165) is 42.6 Å². The second-order valence-corrected chi connectivity index (χ2v) is 10.5. The second-order valence-electron chi connectivity index (χ2n) is 8.61. The maximum atomic E-state index is 13.4. The van der Waals surface area contributed by atoms with Crippen molar-refractivity contribution in [3.8, 4) is 5.75 Å². The van der Waals surface area contributed by atoms with Crippen molar-refractivity contribution in [3.05, 3.63) is 72.3 Å². The Bertz CT molecular complexity index is 1010. The molecule has 2 aliphatic heterocycles. The van der Waals surface area contributed by atoms with Crippen molar-refractivity contribution in [2.45, 2.75) is 42.4 Å². The van der Waals surface area contributed by atoms with Crippen LogP contribution >= 0.6 is 0 Å². The summed E-state index contributed by atoms with van der Waals surface area (Å²) >= 11 is 0. The van der Waals surface area contributed by atoms with E-state index in [1.807, 2.05) is 24.3 Å². The third kappa shape index (κ3) is 4.86. The Morgan fingerprint density at radius 3 is 2.48 bits per heavy atom. The molecule has 1 spiro atoms. The van der Waals surface area contributed by atoms with Crippen LogP contribution in [0.1, 0.15) is 37.7 Å². The van der Waals surface area contributed by atoms with Gasteiger partial charge in [-0.1, -0.05) is 61.4 Å². The Labute approximate surface area is 185 Å². The molecule has 0 N–H and O–H groups in total. The van der Waals surface area contributed by atoms with Gasteiger partial charge in [-0.15, -0.1) is 0 Å². The fourth-order valence-electron chi connectivity index (χ4n) is 4.56. The van der Waals surface area contributed by atoms with Crippen LogP contribution in [0.4, 0.5) is 0 Å². The quantitative estimate of drug-likeness (QED) is 0.642. The van der Waals surface area contributed by atoms with Gasteiger partial charge in [0.15, 0.2) is 0 Å². The lowest BCUT2D eigenvalue weighted by Crippen LogP contribution is -2.38. The Balaban J connectivity index is 1.62. The summed E-state index contributed by atoms with van der Waals surface area (Å²) in [5, 5.41) is 0. The molecule has 4 rings (SSSR count). The van der Waals surface area contributed by atoms with Crippen LogP contribution in [0.2, 0.25) is 0 Å². The first kappa shape index (κ1) is 22.1. The number of benzene rings is 2. The smallest absolute Gasteiger partial charge is 0.243 e. The minimum absolute atomic E-state index is 0.307. The van der Waals surface area contributed by atoms with Gasteiger partial charge in [-0.05, 0) is 37.5 Å². The van der Waals surface area contributed by atoms with Crippen molar-refractivity contribution in [2.24, 2.45) is 0 Å². The van der Waals surface area contributed by atoms with Crippen LogP contribution in [0, 0.1) is 0 Å². The summed E-state index contributed by atoms with van der Waals surface area (Å²) in [6.45, 7) is 6.89. The van der Waals surface area contributed by atoms with E-state index in [-0.39, 0.29) is 5.41 Å². The number of nitrogens with zero attached hydrogens (tertiary/aromatic N) is 1. The van der Waals surface area contributed by atoms with Crippen LogP contribution in [0.3, 0.4) is 0 Å². The highest BCUT2D eigenvalue weighted by molar-refractivity contribution is 7.89. The first-order valence-corrected chi connectivity index (χ1v) is 12.5. The van der Waals surface area contributed by atoms with Crippen molar-refractivity contribution < 1.29 is 17.9 Å². The fraction of sp³-hybridized carbons (Fsp3) is 0.440. The summed E-state index contributed by atoms with van der Waals surface area (Å²) in [5.74, 6) is 0.886. The molecule has 1 unspecified atom stereocenters. The molecule has 1 saturated heterocycles. The van der Waals surface area contributed by atoms with Gasteiger partial charge in [0.2, 0.25) is 10.0 Å². The molecule has 0 bridgehead atoms. The van der Waals surface area contributed by atoms with Crippen LogP contribution < -0.4 is 4.74 Å². The molecule has 2 aliphatic rings. The van der Waals surface area contributed by atoms with E-state index in [2.05, 4.69) is 12.6 Å². The van der Waals surface area contributed by atoms with Crippen LogP contribution in [-0.4, -0.2) is 45.6 Å². The number of hydrogen-bond acceptors (Lipinski definition) is 4. The monoisotopic (exact) mass is 441 g/mol. The topological polar surface area (TPSA) is 55.8 Å². The molecule has 0 aromatic heterocycles. The Hall–Kier alpha value is -2.15. The van der Waals surface area contributed by atoms with Gasteiger partial charge in [0.25, 0.3) is 0 Å². The van der Waals surface area contributed by atoms with Crippen molar-refractivity contribution in [2.75, 3.05) is 32.9 Å². The third-order valence-electron chi connectivity index (χ3n) is 6.16. The Morgan fingerprint density at radius 2 is 1.65 bits per heavy atom. The average molecular weight is 442 g/mol. The van der Waals surface area contributed by atoms with E-state index in [0.29, 0.717) is 44.2 Å². The molecule has 2 heterocycles.